The second-order valence-electron chi connectivity index (χ2n) is 6.79. The summed E-state index contributed by atoms with van der Waals surface area (Å²) in [6.45, 7) is 5.58. The molecule has 0 heterocycles. The molecule has 0 saturated heterocycles. The van der Waals surface area contributed by atoms with E-state index in [1.165, 1.54) is 6.92 Å². The summed E-state index contributed by atoms with van der Waals surface area (Å²) in [5, 5.41) is 12.0. The highest BCUT2D eigenvalue weighted by Crippen LogP contribution is 2.18. The highest BCUT2D eigenvalue weighted by atomic mass is 16.5. The number of amides is 1. The fourth-order valence-electron chi connectivity index (χ4n) is 2.91. The molecular weight excluding hydrogens is 358 g/mol. The lowest BCUT2D eigenvalue weighted by atomic mass is 10.0. The number of hydrogen-bond acceptors (Lipinski definition) is 4. The van der Waals surface area contributed by atoms with Crippen LogP contribution in [0.5, 0.6) is 5.75 Å². The van der Waals surface area contributed by atoms with E-state index in [0.29, 0.717) is 29.9 Å². The Morgan fingerprint density at radius 2 is 1.64 bits per heavy atom. The van der Waals surface area contributed by atoms with Gasteiger partial charge in [0.2, 0.25) is 5.91 Å². The van der Waals surface area contributed by atoms with E-state index in [-0.39, 0.29) is 18.1 Å². The van der Waals surface area contributed by atoms with Crippen molar-refractivity contribution in [2.75, 3.05) is 6.61 Å². The molecule has 2 N–H and O–H groups in total. The molecular formula is C22H25NO5. The smallest absolute Gasteiger partial charge is 0.330 e. The normalized spacial score (nSPS) is 11.5. The Labute approximate surface area is 164 Å². The van der Waals surface area contributed by atoms with Gasteiger partial charge in [-0.15, -0.1) is 0 Å². The van der Waals surface area contributed by atoms with Gasteiger partial charge in [0.25, 0.3) is 0 Å². The maximum absolute atomic E-state index is 12.2. The van der Waals surface area contributed by atoms with Crippen molar-refractivity contribution in [2.24, 2.45) is 0 Å². The molecule has 6 nitrogen and oxygen atoms in total. The van der Waals surface area contributed by atoms with Crippen LogP contribution in [0.1, 0.15) is 52.9 Å². The minimum atomic E-state index is -1.10. The number of aliphatic carboxylic acids is 1. The number of carboxylic acid groups (broad SMARTS) is 1. The van der Waals surface area contributed by atoms with Crippen LogP contribution in [-0.4, -0.2) is 29.4 Å². The molecule has 28 heavy (non-hydrogen) atoms. The van der Waals surface area contributed by atoms with Crippen molar-refractivity contribution in [3.05, 3.63) is 64.7 Å². The Bertz CT molecular complexity index is 837. The molecule has 6 heteroatoms. The summed E-state index contributed by atoms with van der Waals surface area (Å²) in [6.07, 6.45) is 0.597. The van der Waals surface area contributed by atoms with E-state index in [0.717, 1.165) is 11.1 Å². The Kier molecular flexibility index (Phi) is 7.32. The molecule has 2 rings (SSSR count). The summed E-state index contributed by atoms with van der Waals surface area (Å²) < 4.78 is 5.55. The van der Waals surface area contributed by atoms with Crippen LogP contribution in [0.15, 0.2) is 42.5 Å². The largest absolute Gasteiger partial charge is 0.494 e. The van der Waals surface area contributed by atoms with Crippen LogP contribution >= 0.6 is 0 Å². The minimum absolute atomic E-state index is 0.0139. The number of aryl methyl sites for hydroxylation is 2. The number of hydrogen-bond donors (Lipinski definition) is 2. The molecule has 1 unspecified atom stereocenters. The van der Waals surface area contributed by atoms with Gasteiger partial charge in [-0.1, -0.05) is 29.3 Å². The maximum atomic E-state index is 12.2. The Morgan fingerprint density at radius 3 is 2.18 bits per heavy atom. The summed E-state index contributed by atoms with van der Waals surface area (Å²) in [5.74, 6) is -0.841. The van der Waals surface area contributed by atoms with Crippen molar-refractivity contribution < 1.29 is 24.2 Å². The predicted molar refractivity (Wildman–Crippen MR) is 106 cm³/mol. The third-order valence-corrected chi connectivity index (χ3v) is 4.21. The molecule has 1 atom stereocenters. The average molecular weight is 383 g/mol. The molecule has 0 radical (unpaired) electrons. The number of ether oxygens (including phenoxy) is 1. The monoisotopic (exact) mass is 383 g/mol. The lowest BCUT2D eigenvalue weighted by Gasteiger charge is -2.16. The first-order chi connectivity index (χ1) is 13.3. The van der Waals surface area contributed by atoms with Gasteiger partial charge in [-0.05, 0) is 57.0 Å². The van der Waals surface area contributed by atoms with E-state index in [1.807, 2.05) is 19.9 Å². The van der Waals surface area contributed by atoms with Gasteiger partial charge in [0, 0.05) is 12.0 Å². The second-order valence-corrected chi connectivity index (χ2v) is 6.79. The van der Waals surface area contributed by atoms with Crippen molar-refractivity contribution in [1.82, 2.24) is 5.32 Å². The second kappa shape index (κ2) is 9.69. The van der Waals surface area contributed by atoms with Gasteiger partial charge in [-0.3, -0.25) is 9.59 Å². The van der Waals surface area contributed by atoms with E-state index in [1.54, 1.807) is 36.4 Å². The predicted octanol–water partition coefficient (Wildman–Crippen LogP) is 3.61. The summed E-state index contributed by atoms with van der Waals surface area (Å²) in [7, 11) is 0. The fraction of sp³-hybridized carbons (Fsp3) is 0.318. The Morgan fingerprint density at radius 1 is 1.04 bits per heavy atom. The summed E-state index contributed by atoms with van der Waals surface area (Å²) in [6, 6.07) is 11.2. The molecule has 0 aromatic heterocycles. The van der Waals surface area contributed by atoms with Crippen LogP contribution in [0.2, 0.25) is 0 Å². The molecule has 0 aliphatic carbocycles. The highest BCUT2D eigenvalue weighted by molar-refractivity contribution is 5.94. The van der Waals surface area contributed by atoms with Crippen molar-refractivity contribution in [1.29, 1.82) is 0 Å². The lowest BCUT2D eigenvalue weighted by molar-refractivity contribution is -0.142. The number of nitrogens with one attached hydrogen (secondary N) is 1. The third-order valence-electron chi connectivity index (χ3n) is 4.21. The average Bonchev–Trinajstić information content (AvgIpc) is 2.62. The first-order valence-electron chi connectivity index (χ1n) is 9.10. The van der Waals surface area contributed by atoms with Gasteiger partial charge >= 0.3 is 5.97 Å². The zero-order chi connectivity index (χ0) is 20.7. The maximum Gasteiger partial charge on any atom is 0.330 e. The van der Waals surface area contributed by atoms with Gasteiger partial charge in [0.1, 0.15) is 5.75 Å². The SMILES string of the molecule is CC(=O)c1ccc(OCCCC(=O)NC(C(=O)O)c2cc(C)cc(C)c2)cc1. The number of carboxylic acids is 1. The van der Waals surface area contributed by atoms with E-state index >= 15 is 0 Å². The molecule has 0 bridgehead atoms. The van der Waals surface area contributed by atoms with Crippen molar-refractivity contribution in [3.8, 4) is 5.75 Å². The number of rotatable bonds is 9. The summed E-state index contributed by atoms with van der Waals surface area (Å²) >= 11 is 0. The topological polar surface area (TPSA) is 92.7 Å². The molecule has 0 saturated carbocycles. The van der Waals surface area contributed by atoms with Gasteiger partial charge in [-0.2, -0.15) is 0 Å². The van der Waals surface area contributed by atoms with Crippen LogP contribution in [0.3, 0.4) is 0 Å². The lowest BCUT2D eigenvalue weighted by Crippen LogP contribution is -2.33. The third kappa shape index (κ3) is 6.23. The van der Waals surface area contributed by atoms with Crippen molar-refractivity contribution in [3.63, 3.8) is 0 Å². The van der Waals surface area contributed by atoms with Crippen molar-refractivity contribution in [2.45, 2.75) is 39.7 Å². The summed E-state index contributed by atoms with van der Waals surface area (Å²) in [5.41, 5.74) is 3.05. The molecule has 2 aromatic rings. The molecule has 0 fully saturated rings. The highest BCUT2D eigenvalue weighted by Gasteiger charge is 2.22. The first-order valence-corrected chi connectivity index (χ1v) is 9.10. The van der Waals surface area contributed by atoms with Gasteiger partial charge in [0.15, 0.2) is 11.8 Å². The van der Waals surface area contributed by atoms with Crippen LogP contribution in [0.4, 0.5) is 0 Å². The van der Waals surface area contributed by atoms with E-state index < -0.39 is 12.0 Å². The van der Waals surface area contributed by atoms with Crippen LogP contribution < -0.4 is 10.1 Å². The van der Waals surface area contributed by atoms with E-state index in [2.05, 4.69) is 5.32 Å². The van der Waals surface area contributed by atoms with Crippen LogP contribution in [0.25, 0.3) is 0 Å². The van der Waals surface area contributed by atoms with Crippen LogP contribution in [-0.2, 0) is 9.59 Å². The van der Waals surface area contributed by atoms with Crippen LogP contribution in [0, 0.1) is 13.8 Å². The van der Waals surface area contributed by atoms with E-state index in [4.69, 9.17) is 4.74 Å². The van der Waals surface area contributed by atoms with E-state index in [9.17, 15) is 19.5 Å². The van der Waals surface area contributed by atoms with Gasteiger partial charge < -0.3 is 15.2 Å². The quantitative estimate of drug-likeness (QED) is 0.510. The molecule has 0 aliphatic rings. The summed E-state index contributed by atoms with van der Waals surface area (Å²) in [4.78, 5) is 35.0. The number of ketones is 1. The number of Topliss-reactive ketones (excluding diaryl/α,β-unsaturated/α-hetero) is 1. The molecule has 148 valence electrons. The van der Waals surface area contributed by atoms with Crippen molar-refractivity contribution >= 4 is 17.7 Å². The Hall–Kier alpha value is -3.15. The number of benzene rings is 2. The van der Waals surface area contributed by atoms with Gasteiger partial charge in [0.05, 0.1) is 6.61 Å². The zero-order valence-corrected chi connectivity index (χ0v) is 16.3. The minimum Gasteiger partial charge on any atom is -0.494 e. The molecule has 0 aliphatic heterocycles. The van der Waals surface area contributed by atoms with Gasteiger partial charge in [-0.25, -0.2) is 4.79 Å². The molecule has 1 amide bonds. The zero-order valence-electron chi connectivity index (χ0n) is 16.3. The molecule has 0 spiro atoms. The Balaban J connectivity index is 1.84. The fourth-order valence-corrected chi connectivity index (χ4v) is 2.91. The first kappa shape index (κ1) is 21.2. The molecule has 2 aromatic carbocycles. The number of carbonyl (C=O) groups is 3. The number of carbonyl (C=O) groups excluding carboxylic acids is 2. The standard InChI is InChI=1S/C22H25NO5/c1-14-11-15(2)13-18(12-14)21(22(26)27)23-20(25)5-4-10-28-19-8-6-17(7-9-19)16(3)24/h6-9,11-13,21H,4-5,10H2,1-3H3,(H,23,25)(H,26,27).